The number of hydrogen-bond acceptors (Lipinski definition) is 4. The zero-order chi connectivity index (χ0) is 27.4. The number of anilines is 1. The summed E-state index contributed by atoms with van der Waals surface area (Å²) in [6.07, 6.45) is 2.14. The van der Waals surface area contributed by atoms with Gasteiger partial charge in [0.25, 0.3) is 10.0 Å². The Morgan fingerprint density at radius 3 is 2.50 bits per heavy atom. The second-order valence-corrected chi connectivity index (χ2v) is 12.1. The Balaban J connectivity index is 1.49. The molecule has 0 fully saturated rings. The molecule has 4 rings (SSSR count). The summed E-state index contributed by atoms with van der Waals surface area (Å²) in [6.45, 7) is 4.53. The third kappa shape index (κ3) is 5.77. The number of carbonyl (C=O) groups is 2. The van der Waals surface area contributed by atoms with Crippen LogP contribution in [0.25, 0.3) is 10.8 Å². The van der Waals surface area contributed by atoms with E-state index in [0.29, 0.717) is 33.2 Å². The Morgan fingerprint density at radius 2 is 1.79 bits per heavy atom. The zero-order valence-electron chi connectivity index (χ0n) is 21.4. The smallest absolute Gasteiger partial charge is 0.265 e. The number of nitrogens with one attached hydrogen (secondary N) is 1. The quantitative estimate of drug-likeness (QED) is 0.294. The van der Waals surface area contributed by atoms with Crippen LogP contribution < -0.4 is 9.62 Å². The summed E-state index contributed by atoms with van der Waals surface area (Å²) in [5.74, 6) is -0.511. The third-order valence-corrected chi connectivity index (χ3v) is 9.23. The van der Waals surface area contributed by atoms with Crippen molar-refractivity contribution in [3.05, 3.63) is 70.2 Å². The molecule has 202 valence electrons. The molecule has 0 aliphatic carbocycles. The van der Waals surface area contributed by atoms with E-state index in [0.717, 1.165) is 18.2 Å². The highest BCUT2D eigenvalue weighted by Crippen LogP contribution is 2.42. The van der Waals surface area contributed by atoms with E-state index in [2.05, 4.69) is 5.32 Å². The summed E-state index contributed by atoms with van der Waals surface area (Å²) in [5.41, 5.74) is 1.29. The molecule has 0 radical (unpaired) electrons. The number of benzene rings is 3. The Bertz CT molecular complexity index is 1460. The molecule has 1 aliphatic rings. The van der Waals surface area contributed by atoms with Crippen molar-refractivity contribution in [2.45, 2.75) is 57.0 Å². The van der Waals surface area contributed by atoms with Gasteiger partial charge < -0.3 is 10.2 Å². The van der Waals surface area contributed by atoms with E-state index in [9.17, 15) is 18.0 Å². The Morgan fingerprint density at radius 1 is 1.05 bits per heavy atom. The molecule has 38 heavy (non-hydrogen) atoms. The fraction of sp³-hybridized carbons (Fsp3) is 0.357. The predicted octanol–water partition coefficient (Wildman–Crippen LogP) is 5.77. The number of carbonyl (C=O) groups excluding carboxylic acids is 2. The van der Waals surface area contributed by atoms with Gasteiger partial charge >= 0.3 is 0 Å². The highest BCUT2D eigenvalue weighted by atomic mass is 35.5. The molecular formula is C28H31Cl2N3O4S. The average Bonchev–Trinajstić information content (AvgIpc) is 3.11. The van der Waals surface area contributed by atoms with Crippen LogP contribution in [0.5, 0.6) is 0 Å². The molecule has 1 atom stereocenters. The van der Waals surface area contributed by atoms with E-state index in [4.69, 9.17) is 23.2 Å². The van der Waals surface area contributed by atoms with E-state index in [1.54, 1.807) is 43.3 Å². The summed E-state index contributed by atoms with van der Waals surface area (Å²) >= 11 is 12.4. The first kappa shape index (κ1) is 28.2. The topological polar surface area (TPSA) is 86.8 Å². The van der Waals surface area contributed by atoms with Crippen LogP contribution in [0.2, 0.25) is 10.0 Å². The lowest BCUT2D eigenvalue weighted by Crippen LogP contribution is -2.48. The number of amides is 2. The van der Waals surface area contributed by atoms with Crippen molar-refractivity contribution in [1.29, 1.82) is 0 Å². The van der Waals surface area contributed by atoms with Gasteiger partial charge in [0, 0.05) is 41.5 Å². The van der Waals surface area contributed by atoms with Crippen LogP contribution >= 0.6 is 23.2 Å². The van der Waals surface area contributed by atoms with Gasteiger partial charge in [0.1, 0.15) is 6.04 Å². The number of sulfonamides is 1. The second-order valence-electron chi connectivity index (χ2n) is 9.39. The molecule has 1 heterocycles. The van der Waals surface area contributed by atoms with Crippen LogP contribution in [0, 0.1) is 0 Å². The molecule has 0 unspecified atom stereocenters. The molecule has 0 bridgehead atoms. The first-order chi connectivity index (χ1) is 18.1. The van der Waals surface area contributed by atoms with Gasteiger partial charge in [-0.3, -0.25) is 13.9 Å². The normalized spacial score (nSPS) is 14.5. The standard InChI is InChI=1S/C28H31Cl2N3O4S/c1-3-4-15-31-28(35)19(2)32(18-21-13-14-22(29)17-23(21)30)26(34)12-7-16-33-24-10-5-8-20-9-6-11-25(27(20)24)38(33,36)37/h5-6,8-11,13-14,17,19H,3-4,7,12,15-16,18H2,1-2H3,(H,31,35)/t19-/m0/s1. The number of halogens is 2. The first-order valence-electron chi connectivity index (χ1n) is 12.7. The van der Waals surface area contributed by atoms with E-state index in [1.807, 2.05) is 25.1 Å². The molecule has 2 amide bonds. The van der Waals surface area contributed by atoms with Gasteiger partial charge in [-0.15, -0.1) is 0 Å². The Hall–Kier alpha value is -2.81. The molecule has 0 saturated heterocycles. The van der Waals surface area contributed by atoms with E-state index in [-0.39, 0.29) is 42.6 Å². The fourth-order valence-electron chi connectivity index (χ4n) is 4.67. The molecule has 0 saturated carbocycles. The number of hydrogen-bond donors (Lipinski definition) is 1. The van der Waals surface area contributed by atoms with Crippen LogP contribution in [0.1, 0.15) is 45.1 Å². The lowest BCUT2D eigenvalue weighted by atomic mass is 10.1. The number of nitrogens with zero attached hydrogens (tertiary/aromatic N) is 2. The van der Waals surface area contributed by atoms with E-state index in [1.165, 1.54) is 9.21 Å². The number of rotatable bonds is 11. The van der Waals surface area contributed by atoms with Crippen molar-refractivity contribution in [2.24, 2.45) is 0 Å². The summed E-state index contributed by atoms with van der Waals surface area (Å²) in [4.78, 5) is 28.1. The van der Waals surface area contributed by atoms with Crippen LogP contribution in [0.15, 0.2) is 59.5 Å². The predicted molar refractivity (Wildman–Crippen MR) is 152 cm³/mol. The van der Waals surface area contributed by atoms with Crippen LogP contribution in [0.3, 0.4) is 0 Å². The lowest BCUT2D eigenvalue weighted by molar-refractivity contribution is -0.140. The van der Waals surface area contributed by atoms with Crippen LogP contribution in [-0.2, 0) is 26.2 Å². The summed E-state index contributed by atoms with van der Waals surface area (Å²) < 4.78 is 27.9. The van der Waals surface area contributed by atoms with Gasteiger partial charge in [0.15, 0.2) is 0 Å². The summed E-state index contributed by atoms with van der Waals surface area (Å²) in [5, 5.41) is 5.33. The Kier molecular flexibility index (Phi) is 8.85. The Labute approximate surface area is 233 Å². The van der Waals surface area contributed by atoms with Gasteiger partial charge in [-0.05, 0) is 55.0 Å². The summed E-state index contributed by atoms with van der Waals surface area (Å²) in [6, 6.07) is 15.0. The summed E-state index contributed by atoms with van der Waals surface area (Å²) in [7, 11) is -3.70. The molecular weight excluding hydrogens is 545 g/mol. The average molecular weight is 577 g/mol. The highest BCUT2D eigenvalue weighted by Gasteiger charge is 2.35. The largest absolute Gasteiger partial charge is 0.354 e. The fourth-order valence-corrected chi connectivity index (χ4v) is 6.89. The van der Waals surface area contributed by atoms with Gasteiger partial charge in [0.2, 0.25) is 11.8 Å². The SMILES string of the molecule is CCCCNC(=O)[C@H](C)N(Cc1ccc(Cl)cc1Cl)C(=O)CCCN1c2cccc3cccc(c23)S1(=O)=O. The first-order valence-corrected chi connectivity index (χ1v) is 14.9. The molecule has 1 N–H and O–H groups in total. The minimum Gasteiger partial charge on any atom is -0.354 e. The van der Waals surface area contributed by atoms with Crippen molar-refractivity contribution in [1.82, 2.24) is 10.2 Å². The van der Waals surface area contributed by atoms with Crippen molar-refractivity contribution in [2.75, 3.05) is 17.4 Å². The monoisotopic (exact) mass is 575 g/mol. The molecule has 10 heteroatoms. The lowest BCUT2D eigenvalue weighted by Gasteiger charge is -2.29. The van der Waals surface area contributed by atoms with Crippen LogP contribution in [-0.4, -0.2) is 44.3 Å². The van der Waals surface area contributed by atoms with Crippen molar-refractivity contribution in [3.8, 4) is 0 Å². The zero-order valence-corrected chi connectivity index (χ0v) is 23.7. The molecule has 0 spiro atoms. The van der Waals surface area contributed by atoms with Gasteiger partial charge in [-0.2, -0.15) is 0 Å². The van der Waals surface area contributed by atoms with Crippen LogP contribution in [0.4, 0.5) is 5.69 Å². The maximum atomic E-state index is 13.5. The van der Waals surface area contributed by atoms with E-state index < -0.39 is 16.1 Å². The van der Waals surface area contributed by atoms with E-state index >= 15 is 0 Å². The molecule has 1 aliphatic heterocycles. The molecule has 0 aromatic heterocycles. The number of unbranched alkanes of at least 4 members (excludes halogenated alkanes) is 1. The van der Waals surface area contributed by atoms with Gasteiger partial charge in [-0.1, -0.05) is 66.9 Å². The molecule has 7 nitrogen and oxygen atoms in total. The molecule has 3 aromatic carbocycles. The highest BCUT2D eigenvalue weighted by molar-refractivity contribution is 7.93. The molecule has 3 aromatic rings. The van der Waals surface area contributed by atoms with Crippen molar-refractivity contribution >= 4 is 61.5 Å². The second kappa shape index (κ2) is 11.9. The van der Waals surface area contributed by atoms with Crippen molar-refractivity contribution < 1.29 is 18.0 Å². The maximum absolute atomic E-state index is 13.5. The van der Waals surface area contributed by atoms with Gasteiger partial charge in [0.05, 0.1) is 10.6 Å². The minimum absolute atomic E-state index is 0.0656. The third-order valence-electron chi connectivity index (χ3n) is 6.79. The minimum atomic E-state index is -3.70. The van der Waals surface area contributed by atoms with Gasteiger partial charge in [-0.25, -0.2) is 8.42 Å². The van der Waals surface area contributed by atoms with Crippen molar-refractivity contribution in [3.63, 3.8) is 0 Å². The maximum Gasteiger partial charge on any atom is 0.265 e.